The molecule has 0 fully saturated rings. The second-order valence-corrected chi connectivity index (χ2v) is 4.40. The average molecular weight is 274 g/mol. The summed E-state index contributed by atoms with van der Waals surface area (Å²) in [7, 11) is 0. The molecule has 1 heteroatoms. The van der Waals surface area contributed by atoms with E-state index in [1.165, 1.54) is 33.1 Å². The summed E-state index contributed by atoms with van der Waals surface area (Å²) < 4.78 is 1.21. The van der Waals surface area contributed by atoms with Gasteiger partial charge in [-0.05, 0) is 43.9 Å². The van der Waals surface area contributed by atoms with Gasteiger partial charge in [0.1, 0.15) is 0 Å². The third-order valence-electron chi connectivity index (χ3n) is 2.18. The van der Waals surface area contributed by atoms with Crippen molar-refractivity contribution in [1.29, 1.82) is 0 Å². The fourth-order valence-corrected chi connectivity index (χ4v) is 2.24. The molecule has 0 amide bonds. The van der Waals surface area contributed by atoms with Gasteiger partial charge in [0.05, 0.1) is 0 Å². The van der Waals surface area contributed by atoms with Gasteiger partial charge in [-0.3, -0.25) is 0 Å². The van der Waals surface area contributed by atoms with E-state index >= 15 is 0 Å². The number of benzene rings is 1. The van der Waals surface area contributed by atoms with E-state index in [9.17, 15) is 0 Å². The van der Waals surface area contributed by atoms with Gasteiger partial charge in [0.25, 0.3) is 0 Å². The number of hydrogen-bond acceptors (Lipinski definition) is 0. The SMILES string of the molecule is Cc1cc(C)c(CCI)c(C)c1. The van der Waals surface area contributed by atoms with Crippen LogP contribution in [0, 0.1) is 20.8 Å². The highest BCUT2D eigenvalue weighted by atomic mass is 127. The fourth-order valence-electron chi connectivity index (χ4n) is 1.70. The summed E-state index contributed by atoms with van der Waals surface area (Å²) >= 11 is 2.43. The maximum atomic E-state index is 2.43. The predicted molar refractivity (Wildman–Crippen MR) is 63.2 cm³/mol. The van der Waals surface area contributed by atoms with Gasteiger partial charge in [-0.15, -0.1) is 0 Å². The first-order valence-electron chi connectivity index (χ1n) is 4.28. The van der Waals surface area contributed by atoms with Crippen LogP contribution in [0.3, 0.4) is 0 Å². The minimum absolute atomic E-state index is 1.21. The van der Waals surface area contributed by atoms with Crippen molar-refractivity contribution in [3.8, 4) is 0 Å². The molecule has 0 bridgehead atoms. The van der Waals surface area contributed by atoms with Crippen molar-refractivity contribution in [2.45, 2.75) is 27.2 Å². The largest absolute Gasteiger partial charge is 0.0860 e. The van der Waals surface area contributed by atoms with E-state index in [4.69, 9.17) is 0 Å². The quantitative estimate of drug-likeness (QED) is 0.571. The third-order valence-corrected chi connectivity index (χ3v) is 2.72. The standard InChI is InChI=1S/C11H15I/c1-8-6-9(2)11(4-5-12)10(3)7-8/h6-7H,4-5H2,1-3H3. The Morgan fingerprint density at radius 2 is 1.58 bits per heavy atom. The second kappa shape index (κ2) is 4.26. The molecule has 1 aromatic rings. The molecule has 0 radical (unpaired) electrons. The lowest BCUT2D eigenvalue weighted by Gasteiger charge is -2.09. The zero-order chi connectivity index (χ0) is 9.14. The van der Waals surface area contributed by atoms with E-state index < -0.39 is 0 Å². The summed E-state index contributed by atoms with van der Waals surface area (Å²) in [5.41, 5.74) is 5.81. The van der Waals surface area contributed by atoms with Crippen molar-refractivity contribution in [2.75, 3.05) is 4.43 Å². The molecular weight excluding hydrogens is 259 g/mol. The summed E-state index contributed by atoms with van der Waals surface area (Å²) in [5.74, 6) is 0. The molecule has 0 unspecified atom stereocenters. The van der Waals surface area contributed by atoms with Crippen molar-refractivity contribution >= 4 is 22.6 Å². The minimum atomic E-state index is 1.21. The Morgan fingerprint density at radius 3 is 2.00 bits per heavy atom. The summed E-state index contributed by atoms with van der Waals surface area (Å²) in [4.78, 5) is 0. The van der Waals surface area contributed by atoms with Crippen molar-refractivity contribution in [3.63, 3.8) is 0 Å². The van der Waals surface area contributed by atoms with Crippen molar-refractivity contribution in [2.24, 2.45) is 0 Å². The molecule has 0 saturated heterocycles. The highest BCUT2D eigenvalue weighted by molar-refractivity contribution is 14.1. The van der Waals surface area contributed by atoms with Gasteiger partial charge in [0.15, 0.2) is 0 Å². The molecule has 0 aromatic heterocycles. The van der Waals surface area contributed by atoms with Crippen LogP contribution in [0.4, 0.5) is 0 Å². The fraction of sp³-hybridized carbons (Fsp3) is 0.455. The van der Waals surface area contributed by atoms with E-state index in [2.05, 4.69) is 55.5 Å². The summed E-state index contributed by atoms with van der Waals surface area (Å²) in [5, 5.41) is 0. The van der Waals surface area contributed by atoms with Crippen molar-refractivity contribution < 1.29 is 0 Å². The number of halogens is 1. The lowest BCUT2D eigenvalue weighted by molar-refractivity contribution is 1.10. The van der Waals surface area contributed by atoms with Gasteiger partial charge in [0, 0.05) is 4.43 Å². The molecule has 1 rings (SSSR count). The Morgan fingerprint density at radius 1 is 1.08 bits per heavy atom. The van der Waals surface area contributed by atoms with Gasteiger partial charge >= 0.3 is 0 Å². The van der Waals surface area contributed by atoms with Gasteiger partial charge in [-0.1, -0.05) is 40.3 Å². The molecule has 0 aliphatic carbocycles. The van der Waals surface area contributed by atoms with Gasteiger partial charge in [-0.25, -0.2) is 0 Å². The smallest absolute Gasteiger partial charge is 0.00360 e. The van der Waals surface area contributed by atoms with Crippen LogP contribution >= 0.6 is 22.6 Å². The molecule has 0 aliphatic rings. The monoisotopic (exact) mass is 274 g/mol. The van der Waals surface area contributed by atoms with Gasteiger partial charge < -0.3 is 0 Å². The van der Waals surface area contributed by atoms with Crippen LogP contribution in [0.25, 0.3) is 0 Å². The summed E-state index contributed by atoms with van der Waals surface area (Å²) in [6, 6.07) is 4.54. The Hall–Kier alpha value is -0.0500. The van der Waals surface area contributed by atoms with Crippen LogP contribution in [0.15, 0.2) is 12.1 Å². The molecule has 0 N–H and O–H groups in total. The van der Waals surface area contributed by atoms with Crippen LogP contribution in [0.2, 0.25) is 0 Å². The third kappa shape index (κ3) is 2.22. The maximum Gasteiger partial charge on any atom is 0.00360 e. The molecule has 1 aromatic carbocycles. The molecule has 0 nitrogen and oxygen atoms in total. The molecule has 0 aliphatic heterocycles. The van der Waals surface area contributed by atoms with E-state index in [-0.39, 0.29) is 0 Å². The number of hydrogen-bond donors (Lipinski definition) is 0. The van der Waals surface area contributed by atoms with E-state index in [0.29, 0.717) is 0 Å². The molecule has 66 valence electrons. The zero-order valence-electron chi connectivity index (χ0n) is 7.95. The first-order chi connectivity index (χ1) is 5.65. The Labute approximate surface area is 88.5 Å². The maximum absolute atomic E-state index is 2.43. The Bertz CT molecular complexity index is 253. The van der Waals surface area contributed by atoms with Crippen LogP contribution in [0.5, 0.6) is 0 Å². The van der Waals surface area contributed by atoms with Crippen LogP contribution < -0.4 is 0 Å². The Balaban J connectivity index is 3.10. The lowest BCUT2D eigenvalue weighted by Crippen LogP contribution is -1.95. The first kappa shape index (κ1) is 10.0. The van der Waals surface area contributed by atoms with Crippen molar-refractivity contribution in [1.82, 2.24) is 0 Å². The molecule has 0 saturated carbocycles. The van der Waals surface area contributed by atoms with E-state index in [1.54, 1.807) is 0 Å². The van der Waals surface area contributed by atoms with Crippen LogP contribution in [-0.2, 0) is 6.42 Å². The average Bonchev–Trinajstić information content (AvgIpc) is 1.96. The minimum Gasteiger partial charge on any atom is -0.0860 e. The van der Waals surface area contributed by atoms with Crippen LogP contribution in [-0.4, -0.2) is 4.43 Å². The molecule has 12 heavy (non-hydrogen) atoms. The van der Waals surface area contributed by atoms with E-state index in [0.717, 1.165) is 0 Å². The molecule has 0 atom stereocenters. The molecular formula is C11H15I. The summed E-state index contributed by atoms with van der Waals surface area (Å²) in [6.07, 6.45) is 1.21. The zero-order valence-corrected chi connectivity index (χ0v) is 10.1. The van der Waals surface area contributed by atoms with E-state index in [1.807, 2.05) is 0 Å². The highest BCUT2D eigenvalue weighted by Gasteiger charge is 2.01. The van der Waals surface area contributed by atoms with Crippen molar-refractivity contribution in [3.05, 3.63) is 34.4 Å². The number of alkyl halides is 1. The number of aryl methyl sites for hydroxylation is 3. The summed E-state index contributed by atoms with van der Waals surface area (Å²) in [6.45, 7) is 6.58. The molecule has 0 spiro atoms. The topological polar surface area (TPSA) is 0 Å². The normalized spacial score (nSPS) is 10.3. The Kier molecular flexibility index (Phi) is 3.56. The predicted octanol–water partition coefficient (Wildman–Crippen LogP) is 3.59. The van der Waals surface area contributed by atoms with Crippen LogP contribution in [0.1, 0.15) is 22.3 Å². The van der Waals surface area contributed by atoms with Gasteiger partial charge in [-0.2, -0.15) is 0 Å². The lowest BCUT2D eigenvalue weighted by atomic mass is 9.98. The number of rotatable bonds is 2. The highest BCUT2D eigenvalue weighted by Crippen LogP contribution is 2.17. The first-order valence-corrected chi connectivity index (χ1v) is 5.80. The molecule has 0 heterocycles. The van der Waals surface area contributed by atoms with Gasteiger partial charge in [0.2, 0.25) is 0 Å². The second-order valence-electron chi connectivity index (χ2n) is 3.32.